The first-order chi connectivity index (χ1) is 9.30. The van der Waals surface area contributed by atoms with E-state index in [9.17, 15) is 0 Å². The van der Waals surface area contributed by atoms with Gasteiger partial charge in [-0.3, -0.25) is 0 Å². The van der Waals surface area contributed by atoms with Crippen molar-refractivity contribution < 1.29 is 4.74 Å². The van der Waals surface area contributed by atoms with E-state index in [-0.39, 0.29) is 0 Å². The lowest BCUT2D eigenvalue weighted by Gasteiger charge is -2.35. The smallest absolute Gasteiger partial charge is 0.122 e. The predicted octanol–water partition coefficient (Wildman–Crippen LogP) is 3.67. The third-order valence-corrected chi connectivity index (χ3v) is 4.17. The summed E-state index contributed by atoms with van der Waals surface area (Å²) in [5, 5.41) is 0. The van der Waals surface area contributed by atoms with E-state index < -0.39 is 0 Å². The third-order valence-electron chi connectivity index (χ3n) is 4.17. The molecule has 0 heterocycles. The van der Waals surface area contributed by atoms with E-state index in [0.717, 1.165) is 18.2 Å². The molecule has 106 valence electrons. The second kappa shape index (κ2) is 6.95. The maximum Gasteiger partial charge on any atom is 0.122 e. The number of fused-ring (bicyclic) bond motifs is 1. The summed E-state index contributed by atoms with van der Waals surface area (Å²) in [5.41, 5.74) is 2.93. The van der Waals surface area contributed by atoms with Crippen LogP contribution in [0.15, 0.2) is 18.2 Å². The minimum atomic E-state index is 0.722. The maximum absolute atomic E-state index is 5.49. The highest BCUT2D eigenvalue weighted by Crippen LogP contribution is 2.31. The Hall–Kier alpha value is -1.02. The zero-order chi connectivity index (χ0) is 13.7. The van der Waals surface area contributed by atoms with Crippen molar-refractivity contribution in [3.63, 3.8) is 0 Å². The Kier molecular flexibility index (Phi) is 5.26. The van der Waals surface area contributed by atoms with Crippen molar-refractivity contribution in [2.75, 3.05) is 20.2 Å². The normalized spacial score (nSPS) is 18.4. The van der Waals surface area contributed by atoms with Gasteiger partial charge in [0.15, 0.2) is 0 Å². The largest absolute Gasteiger partial charge is 0.496 e. The molecule has 2 rings (SSSR count). The minimum Gasteiger partial charge on any atom is -0.496 e. The molecule has 0 amide bonds. The molecule has 0 aliphatic heterocycles. The fourth-order valence-electron chi connectivity index (χ4n) is 3.31. The number of hydrogen-bond donors (Lipinski definition) is 0. The highest BCUT2D eigenvalue weighted by molar-refractivity contribution is 5.42. The van der Waals surface area contributed by atoms with Crippen LogP contribution >= 0.6 is 0 Å². The summed E-state index contributed by atoms with van der Waals surface area (Å²) in [6.07, 6.45) is 6.12. The Morgan fingerprint density at radius 3 is 2.58 bits per heavy atom. The lowest BCUT2D eigenvalue weighted by Crippen LogP contribution is -2.40. The maximum atomic E-state index is 5.49. The second-order valence-electron chi connectivity index (χ2n) is 5.53. The topological polar surface area (TPSA) is 12.5 Å². The van der Waals surface area contributed by atoms with Crippen LogP contribution in [0.2, 0.25) is 0 Å². The number of methoxy groups -OCH3 is 1. The van der Waals surface area contributed by atoms with Gasteiger partial charge in [0.05, 0.1) is 7.11 Å². The molecule has 0 saturated heterocycles. The number of hydrogen-bond acceptors (Lipinski definition) is 2. The minimum absolute atomic E-state index is 0.722. The van der Waals surface area contributed by atoms with Crippen molar-refractivity contribution in [3.8, 4) is 5.75 Å². The van der Waals surface area contributed by atoms with Crippen molar-refractivity contribution in [1.29, 1.82) is 0 Å². The van der Waals surface area contributed by atoms with Gasteiger partial charge in [0, 0.05) is 6.04 Å². The molecular formula is C17H27NO. The van der Waals surface area contributed by atoms with Gasteiger partial charge in [0.25, 0.3) is 0 Å². The number of ether oxygens (including phenoxy) is 1. The molecule has 2 heteroatoms. The Bertz CT molecular complexity index is 396. The first-order valence-corrected chi connectivity index (χ1v) is 7.68. The number of benzene rings is 1. The molecule has 1 aliphatic carbocycles. The molecule has 1 aromatic carbocycles. The zero-order valence-corrected chi connectivity index (χ0v) is 12.6. The monoisotopic (exact) mass is 261 g/mol. The van der Waals surface area contributed by atoms with Gasteiger partial charge in [0.2, 0.25) is 0 Å². The molecule has 0 N–H and O–H groups in total. The van der Waals surface area contributed by atoms with Gasteiger partial charge in [-0.1, -0.05) is 26.0 Å². The lowest BCUT2D eigenvalue weighted by atomic mass is 9.86. The molecule has 0 unspecified atom stereocenters. The van der Waals surface area contributed by atoms with E-state index in [0.29, 0.717) is 0 Å². The van der Waals surface area contributed by atoms with Crippen LogP contribution in [0.25, 0.3) is 0 Å². The molecule has 0 bridgehead atoms. The van der Waals surface area contributed by atoms with Crippen LogP contribution in [-0.2, 0) is 12.8 Å². The Balaban J connectivity index is 2.12. The number of nitrogens with zero attached hydrogens (tertiary/aromatic N) is 1. The van der Waals surface area contributed by atoms with E-state index in [1.54, 1.807) is 7.11 Å². The molecule has 0 saturated carbocycles. The lowest BCUT2D eigenvalue weighted by molar-refractivity contribution is 0.179. The Morgan fingerprint density at radius 2 is 1.95 bits per heavy atom. The van der Waals surface area contributed by atoms with Gasteiger partial charge in [-0.05, 0) is 62.4 Å². The summed E-state index contributed by atoms with van der Waals surface area (Å²) in [6, 6.07) is 7.22. The van der Waals surface area contributed by atoms with Gasteiger partial charge in [0.1, 0.15) is 5.75 Å². The van der Waals surface area contributed by atoms with Crippen LogP contribution in [0.4, 0.5) is 0 Å². The van der Waals surface area contributed by atoms with Crippen molar-refractivity contribution in [2.24, 2.45) is 0 Å². The fraction of sp³-hybridized carbons (Fsp3) is 0.647. The SMILES string of the molecule is CCCN(CCC)[C@@H]1CCc2c(cccc2OC)C1. The summed E-state index contributed by atoms with van der Waals surface area (Å²) in [5.74, 6) is 1.08. The van der Waals surface area contributed by atoms with Crippen LogP contribution in [0, 0.1) is 0 Å². The van der Waals surface area contributed by atoms with Crippen LogP contribution in [0.3, 0.4) is 0 Å². The van der Waals surface area contributed by atoms with Gasteiger partial charge < -0.3 is 9.64 Å². The van der Waals surface area contributed by atoms with Crippen LogP contribution in [-0.4, -0.2) is 31.1 Å². The second-order valence-corrected chi connectivity index (χ2v) is 5.53. The van der Waals surface area contributed by atoms with Crippen molar-refractivity contribution in [2.45, 2.75) is 52.0 Å². The summed E-state index contributed by atoms with van der Waals surface area (Å²) in [4.78, 5) is 2.68. The average molecular weight is 261 g/mol. The number of rotatable bonds is 6. The van der Waals surface area contributed by atoms with Crippen LogP contribution in [0.1, 0.15) is 44.2 Å². The van der Waals surface area contributed by atoms with E-state index in [4.69, 9.17) is 4.74 Å². The van der Waals surface area contributed by atoms with E-state index in [2.05, 4.69) is 36.9 Å². The molecule has 2 nitrogen and oxygen atoms in total. The first-order valence-electron chi connectivity index (χ1n) is 7.68. The molecule has 1 atom stereocenters. The highest BCUT2D eigenvalue weighted by Gasteiger charge is 2.24. The third kappa shape index (κ3) is 3.30. The fourth-order valence-corrected chi connectivity index (χ4v) is 3.31. The van der Waals surface area contributed by atoms with Crippen molar-refractivity contribution >= 4 is 0 Å². The Labute approximate surface area is 117 Å². The van der Waals surface area contributed by atoms with Crippen LogP contribution < -0.4 is 4.74 Å². The molecule has 0 aromatic heterocycles. The van der Waals surface area contributed by atoms with E-state index in [1.165, 1.54) is 49.9 Å². The van der Waals surface area contributed by atoms with Gasteiger partial charge in [-0.25, -0.2) is 0 Å². The average Bonchev–Trinajstić information content (AvgIpc) is 2.45. The molecule has 0 radical (unpaired) electrons. The van der Waals surface area contributed by atoms with Gasteiger partial charge in [-0.2, -0.15) is 0 Å². The molecule has 1 aliphatic rings. The quantitative estimate of drug-likeness (QED) is 0.774. The molecule has 19 heavy (non-hydrogen) atoms. The molecular weight excluding hydrogens is 234 g/mol. The Morgan fingerprint density at radius 1 is 1.21 bits per heavy atom. The summed E-state index contributed by atoms with van der Waals surface area (Å²) in [7, 11) is 1.78. The van der Waals surface area contributed by atoms with Gasteiger partial charge in [-0.15, -0.1) is 0 Å². The van der Waals surface area contributed by atoms with Crippen molar-refractivity contribution in [1.82, 2.24) is 4.90 Å². The first kappa shape index (κ1) is 14.4. The molecule has 0 fully saturated rings. The summed E-state index contributed by atoms with van der Waals surface area (Å²) < 4.78 is 5.49. The standard InChI is InChI=1S/C17H27NO/c1-4-11-18(12-5-2)15-9-10-16-14(13-15)7-6-8-17(16)19-3/h6-8,15H,4-5,9-13H2,1-3H3/t15-/m1/s1. The van der Waals surface area contributed by atoms with Crippen molar-refractivity contribution in [3.05, 3.63) is 29.3 Å². The van der Waals surface area contributed by atoms with Crippen LogP contribution in [0.5, 0.6) is 5.75 Å². The predicted molar refractivity (Wildman–Crippen MR) is 81.0 cm³/mol. The van der Waals surface area contributed by atoms with E-state index in [1.807, 2.05) is 0 Å². The molecule has 1 aromatic rings. The van der Waals surface area contributed by atoms with E-state index >= 15 is 0 Å². The summed E-state index contributed by atoms with van der Waals surface area (Å²) in [6.45, 7) is 7.03. The summed E-state index contributed by atoms with van der Waals surface area (Å²) >= 11 is 0. The molecule has 0 spiro atoms. The highest BCUT2D eigenvalue weighted by atomic mass is 16.5. The zero-order valence-electron chi connectivity index (χ0n) is 12.6. The van der Waals surface area contributed by atoms with Gasteiger partial charge >= 0.3 is 0 Å².